The number of carboxylic acid groups (broad SMARTS) is 1. The zero-order valence-corrected chi connectivity index (χ0v) is 20.5. The number of rotatable bonds is 10. The number of ether oxygens (including phenoxy) is 2. The molecule has 3 unspecified atom stereocenters. The molecule has 1 saturated heterocycles. The number of aliphatic hydroxyl groups excluding tert-OH is 1. The molecule has 7 nitrogen and oxygen atoms in total. The van der Waals surface area contributed by atoms with Crippen molar-refractivity contribution in [2.45, 2.75) is 49.3 Å². The number of carboxylic acids is 1. The first kappa shape index (κ1) is 25.9. The summed E-state index contributed by atoms with van der Waals surface area (Å²) in [5, 5.41) is 20.9. The van der Waals surface area contributed by atoms with E-state index in [1.54, 1.807) is 23.9 Å². The molecule has 1 amide bonds. The van der Waals surface area contributed by atoms with E-state index in [4.69, 9.17) is 14.6 Å². The van der Waals surface area contributed by atoms with E-state index >= 15 is 0 Å². The highest BCUT2D eigenvalue weighted by Crippen LogP contribution is 2.39. The molecule has 0 bridgehead atoms. The third kappa shape index (κ3) is 7.41. The van der Waals surface area contributed by atoms with Crippen molar-refractivity contribution in [3.8, 4) is 0 Å². The van der Waals surface area contributed by atoms with Gasteiger partial charge < -0.3 is 25.0 Å². The molecular weight excluding hydrogens is 478 g/mol. The maximum atomic E-state index is 12.1. The minimum Gasteiger partial charge on any atom is -0.481 e. The Hall–Kier alpha value is -3.17. The third-order valence-electron chi connectivity index (χ3n) is 5.80. The van der Waals surface area contributed by atoms with Crippen LogP contribution in [-0.2, 0) is 25.7 Å². The molecule has 1 fully saturated rings. The second-order valence-electron chi connectivity index (χ2n) is 8.54. The molecule has 188 valence electrons. The Kier molecular flexibility index (Phi) is 9.13. The van der Waals surface area contributed by atoms with E-state index in [9.17, 15) is 14.7 Å². The van der Waals surface area contributed by atoms with Gasteiger partial charge in [-0.1, -0.05) is 54.6 Å². The van der Waals surface area contributed by atoms with Gasteiger partial charge in [-0.3, -0.25) is 9.59 Å². The summed E-state index contributed by atoms with van der Waals surface area (Å²) in [7, 11) is 0. The van der Waals surface area contributed by atoms with E-state index in [2.05, 4.69) is 17.4 Å². The van der Waals surface area contributed by atoms with Crippen LogP contribution < -0.4 is 5.32 Å². The van der Waals surface area contributed by atoms with Crippen LogP contribution in [0.5, 0.6) is 0 Å². The molecule has 4 rings (SSSR count). The van der Waals surface area contributed by atoms with Crippen molar-refractivity contribution in [3.63, 3.8) is 0 Å². The first-order chi connectivity index (χ1) is 17.5. The fourth-order valence-corrected chi connectivity index (χ4v) is 4.88. The van der Waals surface area contributed by atoms with Crippen LogP contribution >= 0.6 is 11.8 Å². The summed E-state index contributed by atoms with van der Waals surface area (Å²) < 4.78 is 12.7. The maximum Gasteiger partial charge on any atom is 0.303 e. The van der Waals surface area contributed by atoms with Crippen LogP contribution in [0.1, 0.15) is 48.3 Å². The maximum absolute atomic E-state index is 12.1. The summed E-state index contributed by atoms with van der Waals surface area (Å²) in [6, 6.07) is 25.1. The first-order valence-electron chi connectivity index (χ1n) is 11.8. The lowest BCUT2D eigenvalue weighted by Gasteiger charge is -2.36. The Labute approximate surface area is 214 Å². The summed E-state index contributed by atoms with van der Waals surface area (Å²) in [4.78, 5) is 24.0. The SMILES string of the molecule is O=C(O)CCC(=O)Nc1cccc(C2OC(CSc3ccccc3)CC(c3ccc(CO)cc3)O2)c1. The standard InChI is InChI=1S/C28H29NO6S/c30-17-19-9-11-20(12-10-19)25-16-23(18-36-24-7-2-1-3-8-24)34-28(35-25)21-5-4-6-22(15-21)29-26(31)13-14-27(32)33/h1-12,15,23,25,28,30H,13-14,16-18H2,(H,29,31)(H,32,33). The van der Waals surface area contributed by atoms with Gasteiger partial charge in [-0.15, -0.1) is 11.8 Å². The van der Waals surface area contributed by atoms with Crippen LogP contribution in [0.15, 0.2) is 83.8 Å². The molecule has 0 aliphatic carbocycles. The zero-order chi connectivity index (χ0) is 25.3. The molecule has 1 aliphatic heterocycles. The Balaban J connectivity index is 1.50. The van der Waals surface area contributed by atoms with Crippen molar-refractivity contribution in [2.75, 3.05) is 11.1 Å². The highest BCUT2D eigenvalue weighted by molar-refractivity contribution is 7.99. The van der Waals surface area contributed by atoms with Crippen molar-refractivity contribution in [3.05, 3.63) is 95.6 Å². The summed E-state index contributed by atoms with van der Waals surface area (Å²) >= 11 is 1.73. The number of aliphatic hydroxyl groups is 1. The van der Waals surface area contributed by atoms with Gasteiger partial charge in [0.05, 0.1) is 25.2 Å². The van der Waals surface area contributed by atoms with Crippen LogP contribution in [-0.4, -0.2) is 33.9 Å². The van der Waals surface area contributed by atoms with E-state index in [0.717, 1.165) is 22.4 Å². The van der Waals surface area contributed by atoms with Crippen molar-refractivity contribution in [2.24, 2.45) is 0 Å². The molecule has 1 heterocycles. The number of nitrogens with one attached hydrogen (secondary N) is 1. The van der Waals surface area contributed by atoms with Crippen molar-refractivity contribution in [1.29, 1.82) is 0 Å². The zero-order valence-electron chi connectivity index (χ0n) is 19.7. The Morgan fingerprint density at radius 1 is 0.917 bits per heavy atom. The average Bonchev–Trinajstić information content (AvgIpc) is 2.91. The molecule has 0 radical (unpaired) electrons. The van der Waals surface area contributed by atoms with Crippen LogP contribution in [0, 0.1) is 0 Å². The molecule has 36 heavy (non-hydrogen) atoms. The van der Waals surface area contributed by atoms with Gasteiger partial charge in [-0.25, -0.2) is 0 Å². The summed E-state index contributed by atoms with van der Waals surface area (Å²) in [5.41, 5.74) is 3.16. The largest absolute Gasteiger partial charge is 0.481 e. The highest BCUT2D eigenvalue weighted by atomic mass is 32.2. The van der Waals surface area contributed by atoms with Gasteiger partial charge >= 0.3 is 5.97 Å². The normalized spacial score (nSPS) is 19.5. The van der Waals surface area contributed by atoms with E-state index in [1.807, 2.05) is 54.6 Å². The van der Waals surface area contributed by atoms with Gasteiger partial charge in [0.15, 0.2) is 6.29 Å². The second kappa shape index (κ2) is 12.7. The molecule has 3 atom stereocenters. The third-order valence-corrected chi connectivity index (χ3v) is 6.95. The van der Waals surface area contributed by atoms with Gasteiger partial charge in [0.25, 0.3) is 0 Å². The minimum absolute atomic E-state index is 0.0150. The second-order valence-corrected chi connectivity index (χ2v) is 9.63. The topological polar surface area (TPSA) is 105 Å². The Bertz CT molecular complexity index is 1150. The lowest BCUT2D eigenvalue weighted by atomic mass is 10.0. The number of aliphatic carboxylic acids is 1. The van der Waals surface area contributed by atoms with Crippen molar-refractivity contribution in [1.82, 2.24) is 0 Å². The number of carbonyl (C=O) groups is 2. The number of hydrogen-bond acceptors (Lipinski definition) is 6. The van der Waals surface area contributed by atoms with Gasteiger partial charge in [0.1, 0.15) is 0 Å². The lowest BCUT2D eigenvalue weighted by molar-refractivity contribution is -0.245. The van der Waals surface area contributed by atoms with Gasteiger partial charge in [-0.2, -0.15) is 0 Å². The van der Waals surface area contributed by atoms with Crippen molar-refractivity contribution < 1.29 is 29.3 Å². The van der Waals surface area contributed by atoms with Crippen LogP contribution in [0.2, 0.25) is 0 Å². The van der Waals surface area contributed by atoms with E-state index in [1.165, 1.54) is 4.90 Å². The van der Waals surface area contributed by atoms with Crippen LogP contribution in [0.3, 0.4) is 0 Å². The number of amides is 1. The quantitative estimate of drug-likeness (QED) is 0.319. The molecule has 3 aromatic carbocycles. The molecule has 1 aliphatic rings. The Morgan fingerprint density at radius 2 is 1.69 bits per heavy atom. The molecule has 0 spiro atoms. The van der Waals surface area contributed by atoms with E-state index in [0.29, 0.717) is 12.1 Å². The highest BCUT2D eigenvalue weighted by Gasteiger charge is 2.32. The molecule has 3 aromatic rings. The van der Waals surface area contributed by atoms with Crippen LogP contribution in [0.25, 0.3) is 0 Å². The monoisotopic (exact) mass is 507 g/mol. The van der Waals surface area contributed by atoms with Crippen molar-refractivity contribution >= 4 is 29.3 Å². The van der Waals surface area contributed by atoms with E-state index in [-0.39, 0.29) is 37.6 Å². The van der Waals surface area contributed by atoms with E-state index < -0.39 is 12.3 Å². The minimum atomic E-state index is -1.01. The molecule has 8 heteroatoms. The smallest absolute Gasteiger partial charge is 0.303 e. The average molecular weight is 508 g/mol. The molecule has 0 aromatic heterocycles. The van der Waals surface area contributed by atoms with Gasteiger partial charge in [0, 0.05) is 34.7 Å². The summed E-state index contributed by atoms with van der Waals surface area (Å²) in [6.07, 6.45) is -0.561. The summed E-state index contributed by atoms with van der Waals surface area (Å²) in [5.74, 6) is -0.625. The summed E-state index contributed by atoms with van der Waals surface area (Å²) in [6.45, 7) is -0.0150. The van der Waals surface area contributed by atoms with Gasteiger partial charge in [0.2, 0.25) is 5.91 Å². The fraction of sp³-hybridized carbons (Fsp3) is 0.286. The fourth-order valence-electron chi connectivity index (χ4n) is 3.94. The Morgan fingerprint density at radius 3 is 2.42 bits per heavy atom. The lowest BCUT2D eigenvalue weighted by Crippen LogP contribution is -2.31. The number of benzene rings is 3. The van der Waals surface area contributed by atoms with Gasteiger partial charge in [-0.05, 0) is 35.4 Å². The molecular formula is C28H29NO6S. The number of hydrogen-bond donors (Lipinski definition) is 3. The number of carbonyl (C=O) groups excluding carboxylic acids is 1. The predicted molar refractivity (Wildman–Crippen MR) is 138 cm³/mol. The first-order valence-corrected chi connectivity index (χ1v) is 12.8. The molecule has 0 saturated carbocycles. The van der Waals surface area contributed by atoms with Crippen LogP contribution in [0.4, 0.5) is 5.69 Å². The molecule has 3 N–H and O–H groups in total. The number of anilines is 1. The predicted octanol–water partition coefficient (Wildman–Crippen LogP) is 5.32. The number of thioether (sulfide) groups is 1.